The van der Waals surface area contributed by atoms with Crippen LogP contribution in [0.2, 0.25) is 0 Å². The monoisotopic (exact) mass is 224 g/mol. The molecule has 16 heavy (non-hydrogen) atoms. The summed E-state index contributed by atoms with van der Waals surface area (Å²) >= 11 is 0. The van der Waals surface area contributed by atoms with E-state index < -0.39 is 0 Å². The normalized spacial score (nSPS) is 10.6. The third-order valence-electron chi connectivity index (χ3n) is 3.21. The highest BCUT2D eigenvalue weighted by Crippen LogP contribution is 2.12. The third-order valence-corrected chi connectivity index (χ3v) is 3.21. The van der Waals surface area contributed by atoms with Crippen LogP contribution in [0.5, 0.6) is 0 Å². The first-order valence-electron chi connectivity index (χ1n) is 7.41. The molecule has 0 radical (unpaired) electrons. The van der Waals surface area contributed by atoms with Crippen molar-refractivity contribution in [2.75, 3.05) is 0 Å². The molecule has 0 fully saturated rings. The van der Waals surface area contributed by atoms with Gasteiger partial charge in [-0.1, -0.05) is 76.7 Å². The number of hydrogen-bond donors (Lipinski definition) is 0. The molecule has 0 aromatic rings. The topological polar surface area (TPSA) is 0 Å². The summed E-state index contributed by atoms with van der Waals surface area (Å²) in [5, 5.41) is 0. The molecule has 0 heteroatoms. The molecule has 0 aromatic heterocycles. The van der Waals surface area contributed by atoms with Gasteiger partial charge in [0, 0.05) is 0 Å². The third kappa shape index (κ3) is 13.7. The van der Waals surface area contributed by atoms with Crippen LogP contribution >= 0.6 is 0 Å². The summed E-state index contributed by atoms with van der Waals surface area (Å²) in [5.41, 5.74) is 1.34. The summed E-state index contributed by atoms with van der Waals surface area (Å²) in [4.78, 5) is 0. The molecule has 0 aliphatic carbocycles. The minimum Gasteiger partial charge on any atom is -0.100 e. The second-order valence-electron chi connectivity index (χ2n) is 5.24. The van der Waals surface area contributed by atoms with Crippen molar-refractivity contribution in [1.82, 2.24) is 0 Å². The van der Waals surface area contributed by atoms with Gasteiger partial charge in [0.05, 0.1) is 0 Å². The van der Waals surface area contributed by atoms with E-state index in [0.29, 0.717) is 0 Å². The lowest BCUT2D eigenvalue weighted by molar-refractivity contribution is 0.549. The fourth-order valence-electron chi connectivity index (χ4n) is 2.09. The largest absolute Gasteiger partial charge is 0.100 e. The minimum atomic E-state index is 1.23. The van der Waals surface area contributed by atoms with Crippen LogP contribution in [-0.4, -0.2) is 0 Å². The van der Waals surface area contributed by atoms with Crippen LogP contribution in [0.15, 0.2) is 12.2 Å². The molecule has 0 rings (SSSR count). The highest BCUT2D eigenvalue weighted by Gasteiger charge is 1.93. The van der Waals surface area contributed by atoms with Gasteiger partial charge in [0.2, 0.25) is 0 Å². The van der Waals surface area contributed by atoms with Crippen LogP contribution in [0, 0.1) is 0 Å². The average molecular weight is 224 g/mol. The first-order chi connectivity index (χ1) is 7.77. The zero-order chi connectivity index (χ0) is 12.1. The zero-order valence-electron chi connectivity index (χ0n) is 11.7. The summed E-state index contributed by atoms with van der Waals surface area (Å²) in [6, 6.07) is 0. The SMILES string of the molecule is C=C(C)CCCCCCCCCCCCC. The maximum Gasteiger partial charge on any atom is -0.0326 e. The van der Waals surface area contributed by atoms with Crippen LogP contribution in [0.25, 0.3) is 0 Å². The van der Waals surface area contributed by atoms with E-state index in [0.717, 1.165) is 0 Å². The number of rotatable bonds is 12. The standard InChI is InChI=1S/C16H32/c1-4-5-6-7-8-9-10-11-12-13-14-15-16(2)3/h2,4-15H2,1,3H3. The van der Waals surface area contributed by atoms with Crippen molar-refractivity contribution in [2.45, 2.75) is 90.9 Å². The second-order valence-corrected chi connectivity index (χ2v) is 5.24. The Morgan fingerprint density at radius 2 is 1.06 bits per heavy atom. The number of allylic oxidation sites excluding steroid dienone is 1. The molecular formula is C16H32. The van der Waals surface area contributed by atoms with Gasteiger partial charge >= 0.3 is 0 Å². The van der Waals surface area contributed by atoms with Gasteiger partial charge in [0.15, 0.2) is 0 Å². The molecule has 0 bridgehead atoms. The zero-order valence-corrected chi connectivity index (χ0v) is 11.7. The van der Waals surface area contributed by atoms with Gasteiger partial charge in [-0.15, -0.1) is 6.58 Å². The number of hydrogen-bond acceptors (Lipinski definition) is 0. The van der Waals surface area contributed by atoms with Crippen molar-refractivity contribution in [3.05, 3.63) is 12.2 Å². The van der Waals surface area contributed by atoms with Crippen molar-refractivity contribution in [1.29, 1.82) is 0 Å². The summed E-state index contributed by atoms with van der Waals surface area (Å²) in [5.74, 6) is 0. The van der Waals surface area contributed by atoms with Crippen molar-refractivity contribution in [3.63, 3.8) is 0 Å². The molecular weight excluding hydrogens is 192 g/mol. The Bertz CT molecular complexity index is 146. The predicted octanol–water partition coefficient (Wildman–Crippen LogP) is 6.26. The molecule has 0 saturated heterocycles. The lowest BCUT2D eigenvalue weighted by Gasteiger charge is -2.02. The van der Waals surface area contributed by atoms with E-state index in [1.165, 1.54) is 82.6 Å². The highest BCUT2D eigenvalue weighted by molar-refractivity contribution is 4.86. The van der Waals surface area contributed by atoms with Crippen molar-refractivity contribution in [3.8, 4) is 0 Å². The van der Waals surface area contributed by atoms with Gasteiger partial charge in [-0.05, 0) is 19.8 Å². The van der Waals surface area contributed by atoms with Crippen molar-refractivity contribution >= 4 is 0 Å². The van der Waals surface area contributed by atoms with Crippen LogP contribution in [0.1, 0.15) is 90.9 Å². The molecule has 0 aromatic carbocycles. The quantitative estimate of drug-likeness (QED) is 0.271. The molecule has 0 heterocycles. The van der Waals surface area contributed by atoms with Gasteiger partial charge in [0.1, 0.15) is 0 Å². The van der Waals surface area contributed by atoms with Crippen LogP contribution in [0.4, 0.5) is 0 Å². The number of unbranched alkanes of at least 4 members (excludes halogenated alkanes) is 10. The maximum absolute atomic E-state index is 3.94. The summed E-state index contributed by atoms with van der Waals surface area (Å²) in [6.07, 6.45) is 17.0. The molecule has 0 aliphatic heterocycles. The van der Waals surface area contributed by atoms with Gasteiger partial charge in [-0.25, -0.2) is 0 Å². The Labute approximate surface area is 104 Å². The van der Waals surface area contributed by atoms with Gasteiger partial charge < -0.3 is 0 Å². The summed E-state index contributed by atoms with van der Waals surface area (Å²) in [7, 11) is 0. The maximum atomic E-state index is 3.94. The molecule has 0 N–H and O–H groups in total. The van der Waals surface area contributed by atoms with Crippen LogP contribution in [0.3, 0.4) is 0 Å². The van der Waals surface area contributed by atoms with E-state index in [1.54, 1.807) is 0 Å². The Morgan fingerprint density at radius 1 is 0.688 bits per heavy atom. The highest BCUT2D eigenvalue weighted by atomic mass is 14.0. The van der Waals surface area contributed by atoms with Crippen molar-refractivity contribution in [2.24, 2.45) is 0 Å². The molecule has 0 atom stereocenters. The Morgan fingerprint density at radius 3 is 1.44 bits per heavy atom. The smallest absolute Gasteiger partial charge is 0.0326 e. The van der Waals surface area contributed by atoms with Gasteiger partial charge in [-0.3, -0.25) is 0 Å². The molecule has 0 aliphatic rings. The Kier molecular flexibility index (Phi) is 12.6. The molecule has 0 nitrogen and oxygen atoms in total. The van der Waals surface area contributed by atoms with E-state index in [1.807, 2.05) is 0 Å². The lowest BCUT2D eigenvalue weighted by atomic mass is 10.0. The van der Waals surface area contributed by atoms with Crippen LogP contribution < -0.4 is 0 Å². The Hall–Kier alpha value is -0.260. The van der Waals surface area contributed by atoms with E-state index in [-0.39, 0.29) is 0 Å². The minimum absolute atomic E-state index is 1.23. The fraction of sp³-hybridized carbons (Fsp3) is 0.875. The van der Waals surface area contributed by atoms with E-state index >= 15 is 0 Å². The van der Waals surface area contributed by atoms with E-state index in [2.05, 4.69) is 20.4 Å². The van der Waals surface area contributed by atoms with E-state index in [4.69, 9.17) is 0 Å². The molecule has 0 spiro atoms. The molecule has 0 unspecified atom stereocenters. The fourth-order valence-corrected chi connectivity index (χ4v) is 2.09. The lowest BCUT2D eigenvalue weighted by Crippen LogP contribution is -1.82. The second kappa shape index (κ2) is 12.8. The first kappa shape index (κ1) is 15.7. The first-order valence-corrected chi connectivity index (χ1v) is 7.41. The summed E-state index contributed by atoms with van der Waals surface area (Å²) in [6.45, 7) is 8.36. The van der Waals surface area contributed by atoms with E-state index in [9.17, 15) is 0 Å². The predicted molar refractivity (Wildman–Crippen MR) is 75.9 cm³/mol. The Balaban J connectivity index is 2.90. The average Bonchev–Trinajstić information content (AvgIpc) is 2.25. The van der Waals surface area contributed by atoms with Gasteiger partial charge in [0.25, 0.3) is 0 Å². The molecule has 96 valence electrons. The van der Waals surface area contributed by atoms with Crippen molar-refractivity contribution < 1.29 is 0 Å². The van der Waals surface area contributed by atoms with Crippen LogP contribution in [-0.2, 0) is 0 Å². The molecule has 0 amide bonds. The summed E-state index contributed by atoms with van der Waals surface area (Å²) < 4.78 is 0. The molecule has 0 saturated carbocycles. The van der Waals surface area contributed by atoms with Gasteiger partial charge in [-0.2, -0.15) is 0 Å².